The third kappa shape index (κ3) is 3.74. The molecular formula is C15H13N3O2S. The van der Waals surface area contributed by atoms with Crippen LogP contribution in [0.3, 0.4) is 0 Å². The maximum absolute atomic E-state index is 12.1. The van der Waals surface area contributed by atoms with Gasteiger partial charge in [-0.05, 0) is 36.9 Å². The Bertz CT molecular complexity index is 697. The third-order valence-corrected chi connectivity index (χ3v) is 3.89. The topological polar surface area (TPSA) is 79.8 Å². The molecule has 0 aliphatic heterocycles. The average molecular weight is 299 g/mol. The van der Waals surface area contributed by atoms with E-state index < -0.39 is 5.25 Å². The fourth-order valence-electron chi connectivity index (χ4n) is 1.66. The van der Waals surface area contributed by atoms with Gasteiger partial charge in [0.05, 0.1) is 16.5 Å². The first-order chi connectivity index (χ1) is 10.1. The number of carbonyl (C=O) groups is 1. The van der Waals surface area contributed by atoms with Gasteiger partial charge in [-0.3, -0.25) is 4.79 Å². The van der Waals surface area contributed by atoms with E-state index >= 15 is 0 Å². The number of carbonyl (C=O) groups excluding carboxylic acids is 1. The summed E-state index contributed by atoms with van der Waals surface area (Å²) in [6, 6.07) is 13.8. The van der Waals surface area contributed by atoms with Crippen LogP contribution in [0, 0.1) is 16.5 Å². The standard InChI is InChI=1S/C15H13N3O2S/c1-11(21-14-8-4-5-9-18(14)20)15(19)17-13-7-3-2-6-12(13)10-16/h2-9,11H,1H3,(H,17,19). The molecule has 0 aliphatic carbocycles. The van der Waals surface area contributed by atoms with Gasteiger partial charge in [0.25, 0.3) is 5.03 Å². The van der Waals surface area contributed by atoms with Crippen molar-refractivity contribution >= 4 is 23.4 Å². The van der Waals surface area contributed by atoms with Crippen molar-refractivity contribution in [2.75, 3.05) is 5.32 Å². The Morgan fingerprint density at radius 2 is 2.05 bits per heavy atom. The van der Waals surface area contributed by atoms with Crippen molar-refractivity contribution in [3.63, 3.8) is 0 Å². The van der Waals surface area contributed by atoms with Crippen molar-refractivity contribution < 1.29 is 9.52 Å². The van der Waals surface area contributed by atoms with Crippen LogP contribution in [0.1, 0.15) is 12.5 Å². The predicted molar refractivity (Wildman–Crippen MR) is 80.5 cm³/mol. The van der Waals surface area contributed by atoms with Gasteiger partial charge in [-0.2, -0.15) is 9.99 Å². The Labute approximate surface area is 126 Å². The molecule has 0 fully saturated rings. The monoisotopic (exact) mass is 299 g/mol. The van der Waals surface area contributed by atoms with Gasteiger partial charge in [0, 0.05) is 12.1 Å². The Morgan fingerprint density at radius 3 is 2.76 bits per heavy atom. The summed E-state index contributed by atoms with van der Waals surface area (Å²) in [4.78, 5) is 12.1. The second-order valence-corrected chi connectivity index (χ2v) is 5.63. The number of nitrogens with zero attached hydrogens (tertiary/aromatic N) is 2. The second kappa shape index (κ2) is 6.77. The molecule has 2 aromatic rings. The van der Waals surface area contributed by atoms with E-state index in [0.717, 1.165) is 4.73 Å². The van der Waals surface area contributed by atoms with Gasteiger partial charge >= 0.3 is 0 Å². The third-order valence-electron chi connectivity index (χ3n) is 2.76. The molecule has 1 unspecified atom stereocenters. The molecule has 1 heterocycles. The molecule has 106 valence electrons. The number of aromatic nitrogens is 1. The van der Waals surface area contributed by atoms with Gasteiger partial charge in [-0.1, -0.05) is 12.1 Å². The Morgan fingerprint density at radius 1 is 1.33 bits per heavy atom. The van der Waals surface area contributed by atoms with E-state index in [-0.39, 0.29) is 5.91 Å². The van der Waals surface area contributed by atoms with E-state index in [1.54, 1.807) is 49.4 Å². The molecule has 0 aliphatic rings. The minimum Gasteiger partial charge on any atom is -0.618 e. The van der Waals surface area contributed by atoms with Crippen LogP contribution in [0.5, 0.6) is 0 Å². The van der Waals surface area contributed by atoms with Gasteiger partial charge in [-0.25, -0.2) is 0 Å². The van der Waals surface area contributed by atoms with Crippen molar-refractivity contribution in [3.8, 4) is 6.07 Å². The number of nitrogens with one attached hydrogen (secondary N) is 1. The highest BCUT2D eigenvalue weighted by Gasteiger charge is 2.19. The van der Waals surface area contributed by atoms with E-state index in [1.165, 1.54) is 18.0 Å². The van der Waals surface area contributed by atoms with Gasteiger partial charge in [0.1, 0.15) is 6.07 Å². The molecule has 1 aromatic heterocycles. The van der Waals surface area contributed by atoms with E-state index in [1.807, 2.05) is 6.07 Å². The average Bonchev–Trinajstić information content (AvgIpc) is 2.50. The largest absolute Gasteiger partial charge is 0.618 e. The van der Waals surface area contributed by atoms with Crippen molar-refractivity contribution in [2.24, 2.45) is 0 Å². The van der Waals surface area contributed by atoms with Crippen molar-refractivity contribution in [2.45, 2.75) is 17.2 Å². The van der Waals surface area contributed by atoms with Crippen LogP contribution in [0.25, 0.3) is 0 Å². The van der Waals surface area contributed by atoms with Gasteiger partial charge in [0.2, 0.25) is 5.91 Å². The molecule has 2 rings (SSSR count). The zero-order valence-electron chi connectivity index (χ0n) is 11.3. The molecule has 0 saturated carbocycles. The molecule has 0 radical (unpaired) electrons. The first-order valence-electron chi connectivity index (χ1n) is 6.26. The summed E-state index contributed by atoms with van der Waals surface area (Å²) in [6.07, 6.45) is 1.39. The highest BCUT2D eigenvalue weighted by atomic mass is 32.2. The zero-order chi connectivity index (χ0) is 15.2. The van der Waals surface area contributed by atoms with Gasteiger partial charge in [0.15, 0.2) is 6.20 Å². The number of pyridine rings is 1. The molecule has 1 atom stereocenters. The van der Waals surface area contributed by atoms with Crippen molar-refractivity contribution in [1.82, 2.24) is 0 Å². The number of hydrogen-bond acceptors (Lipinski definition) is 4. The highest BCUT2D eigenvalue weighted by Crippen LogP contribution is 2.21. The van der Waals surface area contributed by atoms with Crippen molar-refractivity contribution in [1.29, 1.82) is 5.26 Å². The predicted octanol–water partition coefficient (Wildman–Crippen LogP) is 2.31. The molecule has 1 N–H and O–H groups in total. The quantitative estimate of drug-likeness (QED) is 0.534. The fourth-order valence-corrected chi connectivity index (χ4v) is 2.51. The summed E-state index contributed by atoms with van der Waals surface area (Å²) in [5.41, 5.74) is 0.877. The summed E-state index contributed by atoms with van der Waals surface area (Å²) in [7, 11) is 0. The Hall–Kier alpha value is -2.52. The minimum atomic E-state index is -0.459. The number of para-hydroxylation sites is 1. The van der Waals surface area contributed by atoms with Crippen LogP contribution < -0.4 is 10.0 Å². The zero-order valence-corrected chi connectivity index (χ0v) is 12.1. The number of anilines is 1. The summed E-state index contributed by atoms with van der Waals surface area (Å²) in [5.74, 6) is -0.258. The van der Waals surface area contributed by atoms with E-state index in [0.29, 0.717) is 16.3 Å². The van der Waals surface area contributed by atoms with Crippen LogP contribution in [-0.4, -0.2) is 11.2 Å². The molecule has 1 aromatic carbocycles. The van der Waals surface area contributed by atoms with E-state index in [2.05, 4.69) is 5.32 Å². The molecular weight excluding hydrogens is 286 g/mol. The summed E-state index contributed by atoms with van der Waals surface area (Å²) in [6.45, 7) is 1.71. The first-order valence-corrected chi connectivity index (χ1v) is 7.14. The Balaban J connectivity index is 2.07. The summed E-state index contributed by atoms with van der Waals surface area (Å²) < 4.78 is 0.720. The van der Waals surface area contributed by atoms with E-state index in [4.69, 9.17) is 5.26 Å². The number of amides is 1. The van der Waals surface area contributed by atoms with E-state index in [9.17, 15) is 10.0 Å². The molecule has 5 nitrogen and oxygen atoms in total. The molecule has 1 amide bonds. The van der Waals surface area contributed by atoms with Crippen LogP contribution in [0.2, 0.25) is 0 Å². The highest BCUT2D eigenvalue weighted by molar-refractivity contribution is 8.00. The van der Waals surface area contributed by atoms with Crippen LogP contribution in [-0.2, 0) is 4.79 Å². The fraction of sp³-hybridized carbons (Fsp3) is 0.133. The minimum absolute atomic E-state index is 0.258. The second-order valence-electron chi connectivity index (χ2n) is 4.27. The van der Waals surface area contributed by atoms with Crippen LogP contribution >= 0.6 is 11.8 Å². The van der Waals surface area contributed by atoms with Crippen LogP contribution in [0.15, 0.2) is 53.7 Å². The molecule has 0 bridgehead atoms. The lowest BCUT2D eigenvalue weighted by atomic mass is 10.2. The smallest absolute Gasteiger partial charge is 0.252 e. The maximum Gasteiger partial charge on any atom is 0.252 e. The van der Waals surface area contributed by atoms with Crippen LogP contribution in [0.4, 0.5) is 5.69 Å². The summed E-state index contributed by atoms with van der Waals surface area (Å²) >= 11 is 1.17. The number of rotatable bonds is 4. The van der Waals surface area contributed by atoms with Gasteiger partial charge < -0.3 is 10.5 Å². The lowest BCUT2D eigenvalue weighted by molar-refractivity contribution is -0.645. The SMILES string of the molecule is CC(Sc1cccc[n+]1[O-])C(=O)Nc1ccccc1C#N. The normalized spacial score (nSPS) is 11.4. The number of thioether (sulfide) groups is 1. The maximum atomic E-state index is 12.1. The number of benzene rings is 1. The van der Waals surface area contributed by atoms with Crippen molar-refractivity contribution in [3.05, 3.63) is 59.4 Å². The lowest BCUT2D eigenvalue weighted by Crippen LogP contribution is -2.30. The molecule has 6 heteroatoms. The number of hydrogen-bond donors (Lipinski definition) is 1. The number of nitriles is 1. The Kier molecular flexibility index (Phi) is 4.80. The van der Waals surface area contributed by atoms with Gasteiger partial charge in [-0.15, -0.1) is 0 Å². The lowest BCUT2D eigenvalue weighted by Gasteiger charge is -2.12. The summed E-state index contributed by atoms with van der Waals surface area (Å²) in [5, 5.41) is 23.2. The first kappa shape index (κ1) is 14.9. The molecule has 21 heavy (non-hydrogen) atoms. The molecule has 0 saturated heterocycles. The molecule has 0 spiro atoms.